The van der Waals surface area contributed by atoms with Crippen LogP contribution in [-0.4, -0.2) is 73.4 Å². The molecule has 9 heteroatoms. The van der Waals surface area contributed by atoms with Gasteiger partial charge in [-0.1, -0.05) is 257 Å². The molecule has 76 heavy (non-hydrogen) atoms. The van der Waals surface area contributed by atoms with Crippen molar-refractivity contribution in [2.75, 3.05) is 40.9 Å². The number of allylic oxidation sites excluding steroid dienone is 21. The lowest BCUT2D eigenvalue weighted by Gasteiger charge is -2.25. The molecule has 0 spiro atoms. The molecule has 0 saturated carbocycles. The number of hydrogen-bond acceptors (Lipinski definition) is 5. The van der Waals surface area contributed by atoms with Crippen molar-refractivity contribution >= 4 is 13.7 Å². The van der Waals surface area contributed by atoms with Gasteiger partial charge in [-0.25, -0.2) is 4.57 Å². The summed E-state index contributed by atoms with van der Waals surface area (Å²) in [5.41, 5.74) is 0. The van der Waals surface area contributed by atoms with E-state index in [0.717, 1.165) is 96.3 Å². The molecule has 0 rings (SSSR count). The smallest absolute Gasteiger partial charge is 0.387 e. The first-order valence-corrected chi connectivity index (χ1v) is 32.1. The van der Waals surface area contributed by atoms with E-state index in [9.17, 15) is 19.4 Å². The van der Waals surface area contributed by atoms with Crippen molar-refractivity contribution in [2.45, 2.75) is 244 Å². The number of rotatable bonds is 54. The summed E-state index contributed by atoms with van der Waals surface area (Å²) < 4.78 is 23.6. The van der Waals surface area contributed by atoms with Crippen molar-refractivity contribution in [3.8, 4) is 0 Å². The lowest BCUT2D eigenvalue weighted by atomic mass is 10.0. The summed E-state index contributed by atoms with van der Waals surface area (Å²) >= 11 is 0. The Balaban J connectivity index is 4.05. The van der Waals surface area contributed by atoms with Crippen LogP contribution in [0.15, 0.2) is 134 Å². The fourth-order valence-corrected chi connectivity index (χ4v) is 8.84. The van der Waals surface area contributed by atoms with Crippen LogP contribution < -0.4 is 5.32 Å². The van der Waals surface area contributed by atoms with Crippen LogP contribution in [-0.2, 0) is 18.4 Å². The van der Waals surface area contributed by atoms with Gasteiger partial charge in [-0.15, -0.1) is 0 Å². The Bertz CT molecular complexity index is 1700. The van der Waals surface area contributed by atoms with E-state index in [2.05, 4.69) is 141 Å². The largest absolute Gasteiger partial charge is 0.472 e. The number of carbonyl (C=O) groups excluding carboxylic acids is 1. The second kappa shape index (κ2) is 56.4. The van der Waals surface area contributed by atoms with Gasteiger partial charge in [0.15, 0.2) is 0 Å². The molecule has 3 N–H and O–H groups in total. The van der Waals surface area contributed by atoms with Crippen molar-refractivity contribution in [1.29, 1.82) is 0 Å². The zero-order valence-electron chi connectivity index (χ0n) is 49.4. The fraction of sp³-hybridized carbons (Fsp3) is 0.657. The van der Waals surface area contributed by atoms with Gasteiger partial charge < -0.3 is 19.8 Å². The summed E-state index contributed by atoms with van der Waals surface area (Å²) in [7, 11) is 1.54. The zero-order chi connectivity index (χ0) is 55.6. The van der Waals surface area contributed by atoms with E-state index in [-0.39, 0.29) is 19.1 Å². The number of nitrogens with zero attached hydrogens (tertiary/aromatic N) is 1. The summed E-state index contributed by atoms with van der Waals surface area (Å²) in [5.74, 6) is -0.194. The van der Waals surface area contributed by atoms with Crippen LogP contribution in [0.1, 0.15) is 232 Å². The van der Waals surface area contributed by atoms with Gasteiger partial charge in [-0.3, -0.25) is 13.8 Å². The standard InChI is InChI=1S/C67H115N2O6P/c1-6-8-10-12-14-16-18-20-21-22-23-24-25-26-27-28-29-30-31-32-33-34-35-36-37-38-39-40-41-42-43-44-45-46-47-49-51-53-55-57-59-61-67(71)68-65(64-75-76(72,73)74-63-62-69(3,4)5)66(70)60-58-56-54-52-50-48-19-17-15-13-11-9-7-2/h8,10,14,16,20-21,23-24,26-27,29-30,32-33,35-36,38-39,50,52,58,60,65-66,70H,6-7,9,11-13,15,17-19,22,25,28,31,34,37,40-49,51,53-57,59,61-64H2,1-5H3,(H-,68,71,72,73)/p+1/b10-8-,16-14-,21-20-,24-23-,27-26-,30-29-,33-32-,36-35-,39-38-,52-50+,60-58+. The maximum absolute atomic E-state index is 13.0. The Morgan fingerprint density at radius 2 is 0.803 bits per heavy atom. The number of nitrogens with one attached hydrogen (secondary N) is 1. The van der Waals surface area contributed by atoms with Gasteiger partial charge in [-0.05, 0) is 103 Å². The summed E-state index contributed by atoms with van der Waals surface area (Å²) in [6, 6.07) is -0.871. The number of likely N-dealkylation sites (N-methyl/N-ethyl adjacent to an activating group) is 1. The summed E-state index contributed by atoms with van der Waals surface area (Å²) in [5, 5.41) is 13.9. The first-order valence-electron chi connectivity index (χ1n) is 30.6. The maximum Gasteiger partial charge on any atom is 0.472 e. The SMILES string of the molecule is CC/C=C\C/C=C\C/C=C\C/C=C\C/C=C\C/C=C\C/C=C\C/C=C\C/C=C\CCCCCCCCCCCCCCCC(=O)NC(COP(=O)(O)OCC[N+](C)(C)C)C(O)/C=C/CC/C=C/CCCCCCCCC. The highest BCUT2D eigenvalue weighted by Crippen LogP contribution is 2.43. The molecule has 0 heterocycles. The summed E-state index contributed by atoms with van der Waals surface area (Å²) in [4.78, 5) is 23.3. The summed E-state index contributed by atoms with van der Waals surface area (Å²) in [6.07, 6.45) is 85.7. The average Bonchev–Trinajstić information content (AvgIpc) is 3.38. The van der Waals surface area contributed by atoms with Gasteiger partial charge in [0.2, 0.25) is 5.91 Å². The summed E-state index contributed by atoms with van der Waals surface area (Å²) in [6.45, 7) is 4.65. The molecule has 0 aliphatic heterocycles. The number of quaternary nitrogens is 1. The number of aliphatic hydroxyl groups excluding tert-OH is 1. The molecular weight excluding hydrogens is 960 g/mol. The maximum atomic E-state index is 13.0. The third kappa shape index (κ3) is 58.3. The van der Waals surface area contributed by atoms with E-state index in [1.807, 2.05) is 27.2 Å². The molecule has 3 unspecified atom stereocenters. The van der Waals surface area contributed by atoms with E-state index >= 15 is 0 Å². The number of amides is 1. The minimum atomic E-state index is -4.36. The Morgan fingerprint density at radius 3 is 1.21 bits per heavy atom. The quantitative estimate of drug-likeness (QED) is 0.0243. The average molecular weight is 1080 g/mol. The predicted octanol–water partition coefficient (Wildman–Crippen LogP) is 19.1. The van der Waals surface area contributed by atoms with Crippen LogP contribution >= 0.6 is 7.82 Å². The number of phosphoric acid groups is 1. The molecule has 0 radical (unpaired) electrons. The fourth-order valence-electron chi connectivity index (χ4n) is 8.11. The molecule has 1 amide bonds. The van der Waals surface area contributed by atoms with Gasteiger partial charge in [0.1, 0.15) is 13.2 Å². The molecule has 434 valence electrons. The highest BCUT2D eigenvalue weighted by Gasteiger charge is 2.27. The second-order valence-corrected chi connectivity index (χ2v) is 22.8. The molecule has 0 bridgehead atoms. The van der Waals surface area contributed by atoms with Crippen LogP contribution in [0.25, 0.3) is 0 Å². The highest BCUT2D eigenvalue weighted by molar-refractivity contribution is 7.47. The first kappa shape index (κ1) is 72.6. The molecule has 0 aliphatic rings. The van der Waals surface area contributed by atoms with Gasteiger partial charge in [0, 0.05) is 6.42 Å². The number of hydrogen-bond donors (Lipinski definition) is 3. The molecule has 0 aromatic heterocycles. The van der Waals surface area contributed by atoms with Crippen molar-refractivity contribution < 1.29 is 32.9 Å². The molecule has 0 saturated heterocycles. The number of phosphoric ester groups is 1. The monoisotopic (exact) mass is 1080 g/mol. The molecule has 0 aromatic carbocycles. The predicted molar refractivity (Wildman–Crippen MR) is 331 cm³/mol. The van der Waals surface area contributed by atoms with E-state index in [0.29, 0.717) is 17.4 Å². The lowest BCUT2D eigenvalue weighted by molar-refractivity contribution is -0.870. The Morgan fingerprint density at radius 1 is 0.461 bits per heavy atom. The van der Waals surface area contributed by atoms with Crippen LogP contribution in [0, 0.1) is 0 Å². The molecule has 0 fully saturated rings. The van der Waals surface area contributed by atoms with Crippen molar-refractivity contribution in [1.82, 2.24) is 5.32 Å². The van der Waals surface area contributed by atoms with Crippen molar-refractivity contribution in [2.24, 2.45) is 0 Å². The zero-order valence-corrected chi connectivity index (χ0v) is 50.3. The lowest BCUT2D eigenvalue weighted by Crippen LogP contribution is -2.45. The Hall–Kier alpha value is -3.36. The minimum Gasteiger partial charge on any atom is -0.387 e. The van der Waals surface area contributed by atoms with Crippen molar-refractivity contribution in [3.63, 3.8) is 0 Å². The first-order chi connectivity index (χ1) is 37.0. The minimum absolute atomic E-state index is 0.0508. The highest BCUT2D eigenvalue weighted by atomic mass is 31.2. The third-order valence-electron chi connectivity index (χ3n) is 12.9. The molecule has 0 aliphatic carbocycles. The van der Waals surface area contributed by atoms with Gasteiger partial charge in [0.05, 0.1) is 39.9 Å². The van der Waals surface area contributed by atoms with E-state index in [1.165, 1.54) is 116 Å². The van der Waals surface area contributed by atoms with E-state index in [4.69, 9.17) is 9.05 Å². The Kier molecular flexibility index (Phi) is 53.9. The topological polar surface area (TPSA) is 105 Å². The van der Waals surface area contributed by atoms with Gasteiger partial charge in [0.25, 0.3) is 0 Å². The van der Waals surface area contributed by atoms with Crippen LogP contribution in [0.4, 0.5) is 0 Å². The third-order valence-corrected chi connectivity index (χ3v) is 13.8. The van der Waals surface area contributed by atoms with Crippen molar-refractivity contribution in [3.05, 3.63) is 134 Å². The number of carbonyl (C=O) groups is 1. The molecule has 0 aromatic rings. The molecular formula is C67H116N2O6P+. The van der Waals surface area contributed by atoms with E-state index < -0.39 is 20.0 Å². The molecule has 8 nitrogen and oxygen atoms in total. The normalized spacial score (nSPS) is 14.8. The van der Waals surface area contributed by atoms with Gasteiger partial charge >= 0.3 is 7.82 Å². The van der Waals surface area contributed by atoms with Gasteiger partial charge in [-0.2, -0.15) is 0 Å². The number of aliphatic hydroxyl groups is 1. The van der Waals surface area contributed by atoms with Crippen LogP contribution in [0.2, 0.25) is 0 Å². The van der Waals surface area contributed by atoms with Crippen LogP contribution in [0.5, 0.6) is 0 Å². The molecule has 3 atom stereocenters. The van der Waals surface area contributed by atoms with Crippen LogP contribution in [0.3, 0.4) is 0 Å². The second-order valence-electron chi connectivity index (χ2n) is 21.3. The van der Waals surface area contributed by atoms with E-state index in [1.54, 1.807) is 6.08 Å². The Labute approximate surface area is 468 Å². The number of unbranched alkanes of at least 4 members (excludes halogenated alkanes) is 21.